The van der Waals surface area contributed by atoms with Crippen molar-refractivity contribution in [2.45, 2.75) is 27.7 Å². The van der Waals surface area contributed by atoms with E-state index in [1.54, 1.807) is 33.2 Å². The zero-order chi connectivity index (χ0) is 25.4. The Hall–Kier alpha value is -4.40. The molecule has 2 aromatic heterocycles. The van der Waals surface area contributed by atoms with Crippen LogP contribution >= 0.6 is 0 Å². The van der Waals surface area contributed by atoms with Gasteiger partial charge in [0, 0.05) is 42.9 Å². The number of aromatic amines is 1. The Morgan fingerprint density at radius 2 is 1.80 bits per heavy atom. The van der Waals surface area contributed by atoms with Crippen LogP contribution in [0.4, 0.5) is 5.69 Å². The SMILES string of the molecule is CCNC(=O)c1cc2c(-c3cc(C)cc(Oc4c(C)cc([N+](=O)[O-])cc4C)c3)cn(C)c(=O)c2[nH]1. The Labute approximate surface area is 201 Å². The van der Waals surface area contributed by atoms with Gasteiger partial charge in [0.25, 0.3) is 17.2 Å². The number of aromatic nitrogens is 2. The summed E-state index contributed by atoms with van der Waals surface area (Å²) in [5.41, 5.74) is 4.24. The maximum atomic E-state index is 12.8. The molecular weight excluding hydrogens is 448 g/mol. The molecule has 4 aromatic rings. The summed E-state index contributed by atoms with van der Waals surface area (Å²) >= 11 is 0. The molecule has 9 heteroatoms. The number of nitrogens with zero attached hydrogens (tertiary/aromatic N) is 2. The number of ether oxygens (including phenoxy) is 1. The normalized spacial score (nSPS) is 11.0. The van der Waals surface area contributed by atoms with E-state index >= 15 is 0 Å². The smallest absolute Gasteiger partial charge is 0.274 e. The Kier molecular flexibility index (Phi) is 6.17. The lowest BCUT2D eigenvalue weighted by Gasteiger charge is -2.14. The van der Waals surface area contributed by atoms with E-state index in [1.807, 2.05) is 32.0 Å². The van der Waals surface area contributed by atoms with Gasteiger partial charge in [0.2, 0.25) is 0 Å². The number of fused-ring (bicyclic) bond motifs is 1. The second kappa shape index (κ2) is 9.09. The van der Waals surface area contributed by atoms with Crippen molar-refractivity contribution in [1.29, 1.82) is 0 Å². The molecule has 2 heterocycles. The van der Waals surface area contributed by atoms with Gasteiger partial charge in [-0.1, -0.05) is 6.07 Å². The van der Waals surface area contributed by atoms with Gasteiger partial charge in [0.15, 0.2) is 0 Å². The van der Waals surface area contributed by atoms with Gasteiger partial charge in [0.1, 0.15) is 22.7 Å². The molecular formula is C26H26N4O5. The van der Waals surface area contributed by atoms with Crippen LogP contribution in [-0.2, 0) is 7.05 Å². The summed E-state index contributed by atoms with van der Waals surface area (Å²) in [6.45, 7) is 7.77. The van der Waals surface area contributed by atoms with Crippen molar-refractivity contribution in [3.8, 4) is 22.6 Å². The lowest BCUT2D eigenvalue weighted by molar-refractivity contribution is -0.385. The minimum Gasteiger partial charge on any atom is -0.457 e. The van der Waals surface area contributed by atoms with Crippen molar-refractivity contribution in [1.82, 2.24) is 14.9 Å². The number of carbonyl (C=O) groups is 1. The highest BCUT2D eigenvalue weighted by molar-refractivity contribution is 6.02. The molecule has 0 spiro atoms. The van der Waals surface area contributed by atoms with E-state index in [1.165, 1.54) is 16.7 Å². The number of non-ortho nitro benzene ring substituents is 1. The second-order valence-electron chi connectivity index (χ2n) is 8.59. The van der Waals surface area contributed by atoms with Gasteiger partial charge >= 0.3 is 0 Å². The first-order valence-electron chi connectivity index (χ1n) is 11.1. The van der Waals surface area contributed by atoms with E-state index < -0.39 is 4.92 Å². The number of hydrogen-bond donors (Lipinski definition) is 2. The predicted molar refractivity (Wildman–Crippen MR) is 134 cm³/mol. The third kappa shape index (κ3) is 4.52. The Morgan fingerprint density at radius 3 is 2.43 bits per heavy atom. The van der Waals surface area contributed by atoms with Crippen LogP contribution in [0, 0.1) is 30.9 Å². The first-order chi connectivity index (χ1) is 16.6. The van der Waals surface area contributed by atoms with Gasteiger partial charge < -0.3 is 19.6 Å². The summed E-state index contributed by atoms with van der Waals surface area (Å²) in [5, 5.41) is 14.5. The first-order valence-corrected chi connectivity index (χ1v) is 11.1. The summed E-state index contributed by atoms with van der Waals surface area (Å²) in [7, 11) is 1.66. The van der Waals surface area contributed by atoms with Crippen molar-refractivity contribution in [2.24, 2.45) is 7.05 Å². The maximum Gasteiger partial charge on any atom is 0.274 e. The van der Waals surface area contributed by atoms with E-state index in [2.05, 4.69) is 10.3 Å². The van der Waals surface area contributed by atoms with Crippen LogP contribution in [0.2, 0.25) is 0 Å². The second-order valence-corrected chi connectivity index (χ2v) is 8.59. The molecule has 1 amide bonds. The quantitative estimate of drug-likeness (QED) is 0.304. The number of nitro benzene ring substituents is 1. The molecule has 0 bridgehead atoms. The van der Waals surface area contributed by atoms with Gasteiger partial charge in [-0.05, 0) is 68.1 Å². The molecule has 2 N–H and O–H groups in total. The van der Waals surface area contributed by atoms with Crippen LogP contribution in [0.15, 0.2) is 47.4 Å². The molecule has 180 valence electrons. The number of amides is 1. The average molecular weight is 475 g/mol. The molecule has 2 aromatic carbocycles. The number of rotatable bonds is 6. The van der Waals surface area contributed by atoms with Crippen molar-refractivity contribution in [2.75, 3.05) is 6.54 Å². The molecule has 0 fully saturated rings. The van der Waals surface area contributed by atoms with E-state index in [-0.39, 0.29) is 17.2 Å². The number of nitro groups is 1. The van der Waals surface area contributed by atoms with Crippen LogP contribution in [0.25, 0.3) is 22.0 Å². The minimum atomic E-state index is -0.425. The van der Waals surface area contributed by atoms with Gasteiger partial charge in [-0.3, -0.25) is 19.7 Å². The molecule has 0 aliphatic rings. The van der Waals surface area contributed by atoms with Crippen molar-refractivity contribution >= 4 is 22.5 Å². The summed E-state index contributed by atoms with van der Waals surface area (Å²) in [6.07, 6.45) is 1.74. The average Bonchev–Trinajstić information content (AvgIpc) is 3.24. The Bertz CT molecular complexity index is 1520. The minimum absolute atomic E-state index is 0.0141. The molecule has 0 unspecified atom stereocenters. The predicted octanol–water partition coefficient (Wildman–Crippen LogP) is 4.91. The monoisotopic (exact) mass is 474 g/mol. The number of hydrogen-bond acceptors (Lipinski definition) is 5. The molecule has 0 saturated heterocycles. The molecule has 0 saturated carbocycles. The van der Waals surface area contributed by atoms with Crippen molar-refractivity contribution in [3.05, 3.63) is 85.4 Å². The maximum absolute atomic E-state index is 12.8. The van der Waals surface area contributed by atoms with Crippen molar-refractivity contribution < 1.29 is 14.5 Å². The van der Waals surface area contributed by atoms with Gasteiger partial charge in [-0.15, -0.1) is 0 Å². The third-order valence-electron chi connectivity index (χ3n) is 5.78. The van der Waals surface area contributed by atoms with Crippen molar-refractivity contribution in [3.63, 3.8) is 0 Å². The van der Waals surface area contributed by atoms with Gasteiger partial charge in [-0.25, -0.2) is 0 Å². The van der Waals surface area contributed by atoms with Crippen LogP contribution in [0.3, 0.4) is 0 Å². The fourth-order valence-electron chi connectivity index (χ4n) is 4.22. The summed E-state index contributed by atoms with van der Waals surface area (Å²) in [4.78, 5) is 38.9. The summed E-state index contributed by atoms with van der Waals surface area (Å²) in [5.74, 6) is 0.827. The van der Waals surface area contributed by atoms with E-state index in [4.69, 9.17) is 4.74 Å². The molecule has 0 radical (unpaired) electrons. The van der Waals surface area contributed by atoms with Crippen LogP contribution in [0.1, 0.15) is 34.1 Å². The molecule has 4 rings (SSSR count). The van der Waals surface area contributed by atoms with Crippen LogP contribution in [-0.4, -0.2) is 26.9 Å². The van der Waals surface area contributed by atoms with E-state index in [0.717, 1.165) is 16.7 Å². The highest BCUT2D eigenvalue weighted by Gasteiger charge is 2.18. The zero-order valence-corrected chi connectivity index (χ0v) is 20.2. The standard InChI is InChI=1S/C26H26N4O5/c1-6-27-25(31)22-12-20-21(13-29(5)26(32)23(20)28-22)17-7-14(2)8-19(11-17)35-24-15(3)9-18(30(33)34)10-16(24)4/h7-13,28H,6H2,1-5H3,(H,27,31). The molecule has 9 nitrogen and oxygen atoms in total. The molecule has 35 heavy (non-hydrogen) atoms. The number of aryl methyl sites for hydroxylation is 4. The van der Waals surface area contributed by atoms with Crippen LogP contribution in [0.5, 0.6) is 11.5 Å². The molecule has 0 aliphatic carbocycles. The van der Waals surface area contributed by atoms with Gasteiger partial charge in [0.05, 0.1) is 4.92 Å². The highest BCUT2D eigenvalue weighted by Crippen LogP contribution is 2.36. The Morgan fingerprint density at radius 1 is 1.11 bits per heavy atom. The van der Waals surface area contributed by atoms with Gasteiger partial charge in [-0.2, -0.15) is 0 Å². The Balaban J connectivity index is 1.83. The number of nitrogens with one attached hydrogen (secondary N) is 2. The first kappa shape index (κ1) is 23.7. The number of benzene rings is 2. The molecule has 0 atom stereocenters. The number of carbonyl (C=O) groups excluding carboxylic acids is 1. The lowest BCUT2D eigenvalue weighted by atomic mass is 10.0. The lowest BCUT2D eigenvalue weighted by Crippen LogP contribution is -2.23. The fraction of sp³-hybridized carbons (Fsp3) is 0.231. The van der Waals surface area contributed by atoms with Crippen LogP contribution < -0.4 is 15.6 Å². The third-order valence-corrected chi connectivity index (χ3v) is 5.78. The van der Waals surface area contributed by atoms with E-state index in [0.29, 0.717) is 45.8 Å². The number of H-pyrrole nitrogens is 1. The fourth-order valence-corrected chi connectivity index (χ4v) is 4.22. The summed E-state index contributed by atoms with van der Waals surface area (Å²) < 4.78 is 7.67. The largest absolute Gasteiger partial charge is 0.457 e. The number of pyridine rings is 1. The topological polar surface area (TPSA) is 119 Å². The molecule has 0 aliphatic heterocycles. The van der Waals surface area contributed by atoms with E-state index in [9.17, 15) is 19.7 Å². The summed E-state index contributed by atoms with van der Waals surface area (Å²) in [6, 6.07) is 10.4. The zero-order valence-electron chi connectivity index (χ0n) is 20.2. The highest BCUT2D eigenvalue weighted by atomic mass is 16.6.